The highest BCUT2D eigenvalue weighted by Gasteiger charge is 2.14. The summed E-state index contributed by atoms with van der Waals surface area (Å²) in [6.07, 6.45) is 3.11. The number of anilines is 1. The first kappa shape index (κ1) is 22.1. The Labute approximate surface area is 210 Å². The van der Waals surface area contributed by atoms with E-state index < -0.39 is 0 Å². The van der Waals surface area contributed by atoms with E-state index in [1.54, 1.807) is 6.33 Å². The Balaban J connectivity index is 1.25. The summed E-state index contributed by atoms with van der Waals surface area (Å²) in [6.45, 7) is 2.76. The lowest BCUT2D eigenvalue weighted by molar-refractivity contribution is 0.0950. The molecule has 10 nitrogen and oxygen atoms in total. The molecular weight excluding hydrogens is 478 g/mol. The van der Waals surface area contributed by atoms with Crippen LogP contribution in [0.15, 0.2) is 49.1 Å². The van der Waals surface area contributed by atoms with Crippen molar-refractivity contribution in [1.29, 1.82) is 0 Å². The Bertz CT molecular complexity index is 1800. The van der Waals surface area contributed by atoms with Gasteiger partial charge in [0.25, 0.3) is 5.91 Å². The zero-order valence-electron chi connectivity index (χ0n) is 19.6. The first-order chi connectivity index (χ1) is 17.4. The maximum absolute atomic E-state index is 12.8. The molecule has 0 unspecified atom stereocenters. The van der Waals surface area contributed by atoms with Gasteiger partial charge in [-0.3, -0.25) is 4.79 Å². The number of nitrogens with two attached hydrogens (primary N) is 1. The lowest BCUT2D eigenvalue weighted by Crippen LogP contribution is -2.22. The van der Waals surface area contributed by atoms with E-state index in [9.17, 15) is 4.79 Å². The number of carbonyl (C=O) groups is 1. The zero-order chi connectivity index (χ0) is 25.0. The van der Waals surface area contributed by atoms with Crippen LogP contribution in [-0.2, 0) is 20.1 Å². The van der Waals surface area contributed by atoms with Gasteiger partial charge in [-0.05, 0) is 48.9 Å². The summed E-state index contributed by atoms with van der Waals surface area (Å²) in [5.74, 6) is 1.07. The number of nitrogens with zero attached hydrogens (tertiary/aromatic N) is 6. The Hall–Kier alpha value is -4.44. The summed E-state index contributed by atoms with van der Waals surface area (Å²) in [4.78, 5) is 33.4. The zero-order valence-corrected chi connectivity index (χ0v) is 20.3. The van der Waals surface area contributed by atoms with Crippen LogP contribution in [-0.4, -0.2) is 40.0 Å². The van der Waals surface area contributed by atoms with Gasteiger partial charge >= 0.3 is 0 Å². The standard InChI is InChI=1S/C25H22ClN9O/c1-13-32-19-8-14(3-4-20(19)34(13)2)25(36)28-9-18-7-15-5-17(26)6-16(21(15)33-18)10-35-12-31-22-23(27)29-11-30-24(22)35/h3-8,11-12,33H,9-10H2,1-2H3,(H,28,36)(H2,27,29,30). The number of benzene rings is 2. The average molecular weight is 500 g/mol. The predicted octanol–water partition coefficient (Wildman–Crippen LogP) is 3.72. The van der Waals surface area contributed by atoms with E-state index in [-0.39, 0.29) is 5.91 Å². The second kappa shape index (κ2) is 8.35. The fourth-order valence-electron chi connectivity index (χ4n) is 4.49. The molecular formula is C25H22ClN9O. The van der Waals surface area contributed by atoms with E-state index in [2.05, 4.69) is 30.2 Å². The molecule has 6 rings (SSSR count). The molecule has 4 N–H and O–H groups in total. The molecule has 6 aromatic rings. The molecule has 4 aromatic heterocycles. The number of fused-ring (bicyclic) bond motifs is 3. The third-order valence-corrected chi connectivity index (χ3v) is 6.63. The quantitative estimate of drug-likeness (QED) is 0.331. The van der Waals surface area contributed by atoms with Crippen molar-refractivity contribution in [2.75, 3.05) is 5.73 Å². The number of nitrogen functional groups attached to an aromatic ring is 1. The van der Waals surface area contributed by atoms with Crippen LogP contribution in [0.2, 0.25) is 5.02 Å². The number of hydrogen-bond donors (Lipinski definition) is 3. The van der Waals surface area contributed by atoms with Crippen molar-refractivity contribution in [3.8, 4) is 0 Å². The molecule has 0 spiro atoms. The monoisotopic (exact) mass is 499 g/mol. The molecule has 0 fully saturated rings. The molecule has 0 saturated heterocycles. The summed E-state index contributed by atoms with van der Waals surface area (Å²) in [5, 5.41) is 4.55. The molecule has 1 amide bonds. The highest BCUT2D eigenvalue weighted by Crippen LogP contribution is 2.27. The fraction of sp³-hybridized carbons (Fsp3) is 0.160. The summed E-state index contributed by atoms with van der Waals surface area (Å²) in [6, 6.07) is 11.3. The molecule has 0 radical (unpaired) electrons. The Kier molecular flexibility index (Phi) is 5.11. The summed E-state index contributed by atoms with van der Waals surface area (Å²) < 4.78 is 3.90. The van der Waals surface area contributed by atoms with Crippen molar-refractivity contribution in [3.63, 3.8) is 0 Å². The lowest BCUT2D eigenvalue weighted by atomic mass is 10.1. The van der Waals surface area contributed by atoms with Crippen LogP contribution >= 0.6 is 11.6 Å². The summed E-state index contributed by atoms with van der Waals surface area (Å²) in [7, 11) is 1.96. The SMILES string of the molecule is Cc1nc2cc(C(=O)NCc3cc4cc(Cl)cc(Cn5cnc6c(N)ncnc65)c4[nH]3)ccc2n1C. The fourth-order valence-corrected chi connectivity index (χ4v) is 4.74. The molecule has 2 aromatic carbocycles. The van der Waals surface area contributed by atoms with E-state index in [1.807, 2.05) is 59.5 Å². The van der Waals surface area contributed by atoms with E-state index in [1.165, 1.54) is 6.33 Å². The minimum absolute atomic E-state index is 0.167. The van der Waals surface area contributed by atoms with Crippen molar-refractivity contribution in [2.24, 2.45) is 7.05 Å². The molecule has 0 atom stereocenters. The van der Waals surface area contributed by atoms with Crippen molar-refractivity contribution >= 4 is 56.4 Å². The van der Waals surface area contributed by atoms with Crippen molar-refractivity contribution in [1.82, 2.24) is 39.4 Å². The number of aromatic amines is 1. The number of rotatable bonds is 5. The summed E-state index contributed by atoms with van der Waals surface area (Å²) in [5.41, 5.74) is 12.2. The topological polar surface area (TPSA) is 132 Å². The highest BCUT2D eigenvalue weighted by molar-refractivity contribution is 6.31. The molecule has 180 valence electrons. The van der Waals surface area contributed by atoms with Crippen LogP contribution in [0.25, 0.3) is 33.1 Å². The first-order valence-electron chi connectivity index (χ1n) is 11.3. The third-order valence-electron chi connectivity index (χ3n) is 6.41. The van der Waals surface area contributed by atoms with Gasteiger partial charge in [-0.15, -0.1) is 0 Å². The third kappa shape index (κ3) is 3.72. The number of imidazole rings is 2. The van der Waals surface area contributed by atoms with E-state index in [0.717, 1.165) is 39.0 Å². The van der Waals surface area contributed by atoms with E-state index in [4.69, 9.17) is 17.3 Å². The van der Waals surface area contributed by atoms with Gasteiger partial charge in [-0.2, -0.15) is 0 Å². The smallest absolute Gasteiger partial charge is 0.251 e. The van der Waals surface area contributed by atoms with Gasteiger partial charge in [0.15, 0.2) is 11.5 Å². The molecule has 0 bridgehead atoms. The molecule has 0 aliphatic carbocycles. The number of hydrogen-bond acceptors (Lipinski definition) is 6. The number of aromatic nitrogens is 7. The van der Waals surface area contributed by atoms with Gasteiger partial charge in [-0.25, -0.2) is 19.9 Å². The molecule has 0 saturated carbocycles. The average Bonchev–Trinajstić information content (AvgIpc) is 3.54. The van der Waals surface area contributed by atoms with Gasteiger partial charge < -0.3 is 25.2 Å². The van der Waals surface area contributed by atoms with E-state index in [0.29, 0.717) is 40.7 Å². The number of nitrogens with one attached hydrogen (secondary N) is 2. The Morgan fingerprint density at radius 3 is 2.89 bits per heavy atom. The molecule has 36 heavy (non-hydrogen) atoms. The predicted molar refractivity (Wildman–Crippen MR) is 139 cm³/mol. The first-order valence-corrected chi connectivity index (χ1v) is 11.7. The van der Waals surface area contributed by atoms with Crippen LogP contribution < -0.4 is 11.1 Å². The minimum Gasteiger partial charge on any atom is -0.382 e. The second-order valence-electron chi connectivity index (χ2n) is 8.73. The number of carbonyl (C=O) groups excluding carboxylic acids is 1. The number of aryl methyl sites for hydroxylation is 2. The van der Waals surface area contributed by atoms with Crippen LogP contribution in [0.4, 0.5) is 5.82 Å². The van der Waals surface area contributed by atoms with Crippen molar-refractivity contribution < 1.29 is 4.79 Å². The number of halogens is 1. The molecule has 0 aliphatic rings. The Morgan fingerprint density at radius 2 is 2.03 bits per heavy atom. The van der Waals surface area contributed by atoms with Gasteiger partial charge in [0, 0.05) is 28.7 Å². The molecule has 0 aliphatic heterocycles. The van der Waals surface area contributed by atoms with Gasteiger partial charge in [0.1, 0.15) is 17.7 Å². The maximum Gasteiger partial charge on any atom is 0.251 e. The largest absolute Gasteiger partial charge is 0.382 e. The van der Waals surface area contributed by atoms with Crippen LogP contribution in [0.1, 0.15) is 27.4 Å². The van der Waals surface area contributed by atoms with Crippen molar-refractivity contribution in [2.45, 2.75) is 20.0 Å². The van der Waals surface area contributed by atoms with Gasteiger partial charge in [0.05, 0.1) is 36.0 Å². The molecule has 11 heteroatoms. The van der Waals surface area contributed by atoms with Crippen LogP contribution in [0, 0.1) is 6.92 Å². The minimum atomic E-state index is -0.167. The van der Waals surface area contributed by atoms with Crippen LogP contribution in [0.3, 0.4) is 0 Å². The number of H-pyrrole nitrogens is 1. The van der Waals surface area contributed by atoms with E-state index >= 15 is 0 Å². The second-order valence-corrected chi connectivity index (χ2v) is 9.17. The normalized spacial score (nSPS) is 11.6. The lowest BCUT2D eigenvalue weighted by Gasteiger charge is -2.07. The highest BCUT2D eigenvalue weighted by atomic mass is 35.5. The maximum atomic E-state index is 12.8. The van der Waals surface area contributed by atoms with Gasteiger partial charge in [0.2, 0.25) is 0 Å². The number of amides is 1. The summed E-state index contributed by atoms with van der Waals surface area (Å²) >= 11 is 6.42. The molecule has 4 heterocycles. The van der Waals surface area contributed by atoms with Gasteiger partial charge in [-0.1, -0.05) is 11.6 Å². The van der Waals surface area contributed by atoms with Crippen LogP contribution in [0.5, 0.6) is 0 Å². The van der Waals surface area contributed by atoms with Crippen molar-refractivity contribution in [3.05, 3.63) is 76.7 Å². The Morgan fingerprint density at radius 1 is 1.17 bits per heavy atom.